The lowest BCUT2D eigenvalue weighted by Crippen LogP contribution is -2.49. The van der Waals surface area contributed by atoms with Crippen molar-refractivity contribution in [2.45, 2.75) is 51.1 Å². The van der Waals surface area contributed by atoms with E-state index in [1.165, 1.54) is 13.3 Å². The Labute approximate surface area is 94.8 Å². The van der Waals surface area contributed by atoms with Crippen LogP contribution >= 0.6 is 0 Å². The Hall–Kier alpha value is -1.10. The van der Waals surface area contributed by atoms with Crippen LogP contribution in [-0.2, 0) is 9.59 Å². The lowest BCUT2D eigenvalue weighted by Gasteiger charge is -2.28. The van der Waals surface area contributed by atoms with Crippen molar-refractivity contribution in [3.63, 3.8) is 0 Å². The Morgan fingerprint density at radius 2 is 1.69 bits per heavy atom. The first-order chi connectivity index (χ1) is 7.52. The van der Waals surface area contributed by atoms with E-state index in [1.807, 2.05) is 0 Å². The van der Waals surface area contributed by atoms with Crippen molar-refractivity contribution in [3.05, 3.63) is 0 Å². The highest BCUT2D eigenvalue weighted by Gasteiger charge is 2.31. The number of aliphatic carboxylic acids is 2. The van der Waals surface area contributed by atoms with E-state index in [4.69, 9.17) is 10.2 Å². The zero-order chi connectivity index (χ0) is 12.1. The van der Waals surface area contributed by atoms with Gasteiger partial charge in [0.25, 0.3) is 0 Å². The molecule has 5 nitrogen and oxygen atoms in total. The highest BCUT2D eigenvalue weighted by atomic mass is 16.4. The molecule has 1 aliphatic carbocycles. The lowest BCUT2D eigenvalue weighted by atomic mass is 9.93. The molecule has 5 heteroatoms. The summed E-state index contributed by atoms with van der Waals surface area (Å²) in [4.78, 5) is 21.8. The number of hydrogen-bond acceptors (Lipinski definition) is 3. The van der Waals surface area contributed by atoms with Gasteiger partial charge in [-0.1, -0.05) is 19.3 Å². The van der Waals surface area contributed by atoms with E-state index in [0.717, 1.165) is 25.7 Å². The summed E-state index contributed by atoms with van der Waals surface area (Å²) in [5.74, 6) is -3.06. The van der Waals surface area contributed by atoms with Gasteiger partial charge in [0.05, 0.1) is 5.92 Å². The molecule has 2 atom stereocenters. The fourth-order valence-electron chi connectivity index (χ4n) is 2.10. The predicted molar refractivity (Wildman–Crippen MR) is 58.2 cm³/mol. The summed E-state index contributed by atoms with van der Waals surface area (Å²) in [5.41, 5.74) is 0. The van der Waals surface area contributed by atoms with Gasteiger partial charge < -0.3 is 15.5 Å². The molecule has 16 heavy (non-hydrogen) atoms. The Morgan fingerprint density at radius 1 is 1.12 bits per heavy atom. The second-order valence-corrected chi connectivity index (χ2v) is 4.44. The minimum absolute atomic E-state index is 0.150. The molecule has 0 heterocycles. The van der Waals surface area contributed by atoms with Gasteiger partial charge in [-0.2, -0.15) is 0 Å². The molecule has 92 valence electrons. The summed E-state index contributed by atoms with van der Waals surface area (Å²) < 4.78 is 0. The first kappa shape index (κ1) is 13.0. The van der Waals surface area contributed by atoms with Crippen LogP contribution in [0.2, 0.25) is 0 Å². The summed E-state index contributed by atoms with van der Waals surface area (Å²) in [7, 11) is 0. The van der Waals surface area contributed by atoms with Crippen LogP contribution < -0.4 is 5.32 Å². The van der Waals surface area contributed by atoms with Gasteiger partial charge in [-0.25, -0.2) is 0 Å². The quantitative estimate of drug-likeness (QED) is 0.656. The van der Waals surface area contributed by atoms with Crippen LogP contribution in [0.4, 0.5) is 0 Å². The molecule has 1 rings (SSSR count). The number of rotatable bonds is 5. The molecule has 0 aromatic carbocycles. The normalized spacial score (nSPS) is 21.3. The van der Waals surface area contributed by atoms with Crippen molar-refractivity contribution in [1.82, 2.24) is 5.32 Å². The Morgan fingerprint density at radius 3 is 2.12 bits per heavy atom. The molecule has 3 N–H and O–H groups in total. The Bertz CT molecular complexity index is 261. The molecule has 0 radical (unpaired) electrons. The summed E-state index contributed by atoms with van der Waals surface area (Å²) in [5, 5.41) is 20.8. The monoisotopic (exact) mass is 229 g/mol. The SMILES string of the molecule is CC(C(=O)O)C(NC1CCCCC1)C(=O)O. The van der Waals surface area contributed by atoms with E-state index < -0.39 is 23.9 Å². The molecule has 0 aromatic rings. The number of carboxylic acid groups (broad SMARTS) is 2. The van der Waals surface area contributed by atoms with Gasteiger partial charge in [-0.3, -0.25) is 9.59 Å². The summed E-state index contributed by atoms with van der Waals surface area (Å²) >= 11 is 0. The third-order valence-corrected chi connectivity index (χ3v) is 3.18. The van der Waals surface area contributed by atoms with Crippen molar-refractivity contribution in [3.8, 4) is 0 Å². The van der Waals surface area contributed by atoms with Gasteiger partial charge in [0.2, 0.25) is 0 Å². The number of hydrogen-bond donors (Lipinski definition) is 3. The third-order valence-electron chi connectivity index (χ3n) is 3.18. The first-order valence-electron chi connectivity index (χ1n) is 5.74. The van der Waals surface area contributed by atoms with Crippen molar-refractivity contribution >= 4 is 11.9 Å². The van der Waals surface area contributed by atoms with Gasteiger partial charge >= 0.3 is 11.9 Å². The van der Waals surface area contributed by atoms with Crippen LogP contribution in [0.1, 0.15) is 39.0 Å². The smallest absolute Gasteiger partial charge is 0.321 e. The molecule has 0 spiro atoms. The van der Waals surface area contributed by atoms with E-state index in [-0.39, 0.29) is 6.04 Å². The van der Waals surface area contributed by atoms with Gasteiger partial charge in [0, 0.05) is 6.04 Å². The van der Waals surface area contributed by atoms with Gasteiger partial charge in [-0.15, -0.1) is 0 Å². The standard InChI is InChI=1S/C11H19NO4/c1-7(10(13)14)9(11(15)16)12-8-5-3-2-4-6-8/h7-9,12H,2-6H2,1H3,(H,13,14)(H,15,16). The minimum Gasteiger partial charge on any atom is -0.481 e. The van der Waals surface area contributed by atoms with Crippen molar-refractivity contribution in [2.24, 2.45) is 5.92 Å². The van der Waals surface area contributed by atoms with E-state index >= 15 is 0 Å². The zero-order valence-electron chi connectivity index (χ0n) is 9.48. The fraction of sp³-hybridized carbons (Fsp3) is 0.818. The molecule has 0 bridgehead atoms. The largest absolute Gasteiger partial charge is 0.481 e. The first-order valence-corrected chi connectivity index (χ1v) is 5.74. The van der Waals surface area contributed by atoms with Crippen LogP contribution in [0.5, 0.6) is 0 Å². The maximum Gasteiger partial charge on any atom is 0.321 e. The van der Waals surface area contributed by atoms with E-state index in [9.17, 15) is 9.59 Å². The fourth-order valence-corrected chi connectivity index (χ4v) is 2.10. The molecule has 1 saturated carbocycles. The molecular formula is C11H19NO4. The third kappa shape index (κ3) is 3.48. The molecular weight excluding hydrogens is 210 g/mol. The van der Waals surface area contributed by atoms with Gasteiger partial charge in [-0.05, 0) is 19.8 Å². The van der Waals surface area contributed by atoms with Crippen molar-refractivity contribution < 1.29 is 19.8 Å². The predicted octanol–water partition coefficient (Wildman–Crippen LogP) is 1.08. The Kier molecular flexibility index (Phi) is 4.73. The maximum atomic E-state index is 11.0. The van der Waals surface area contributed by atoms with Gasteiger partial charge in [0.1, 0.15) is 6.04 Å². The minimum atomic E-state index is -1.08. The van der Waals surface area contributed by atoms with Crippen LogP contribution in [0, 0.1) is 5.92 Å². The van der Waals surface area contributed by atoms with Crippen LogP contribution in [0.3, 0.4) is 0 Å². The highest BCUT2D eigenvalue weighted by Crippen LogP contribution is 2.19. The number of nitrogens with one attached hydrogen (secondary N) is 1. The average Bonchev–Trinajstić information content (AvgIpc) is 2.26. The Balaban J connectivity index is 2.56. The maximum absolute atomic E-state index is 11.0. The molecule has 0 amide bonds. The van der Waals surface area contributed by atoms with Crippen molar-refractivity contribution in [1.29, 1.82) is 0 Å². The van der Waals surface area contributed by atoms with E-state index in [1.54, 1.807) is 0 Å². The van der Waals surface area contributed by atoms with Crippen LogP contribution in [-0.4, -0.2) is 34.2 Å². The molecule has 1 fully saturated rings. The molecule has 2 unspecified atom stereocenters. The average molecular weight is 229 g/mol. The van der Waals surface area contributed by atoms with E-state index in [2.05, 4.69) is 5.32 Å². The molecule has 0 aliphatic heterocycles. The number of carbonyl (C=O) groups is 2. The van der Waals surface area contributed by atoms with E-state index in [0.29, 0.717) is 0 Å². The second kappa shape index (κ2) is 5.84. The van der Waals surface area contributed by atoms with Crippen LogP contribution in [0.25, 0.3) is 0 Å². The molecule has 0 saturated heterocycles. The summed E-state index contributed by atoms with van der Waals surface area (Å²) in [6.45, 7) is 1.43. The zero-order valence-corrected chi connectivity index (χ0v) is 9.48. The highest BCUT2D eigenvalue weighted by molar-refractivity contribution is 5.82. The number of carboxylic acids is 2. The summed E-state index contributed by atoms with van der Waals surface area (Å²) in [6, 6.07) is -0.836. The summed E-state index contributed by atoms with van der Waals surface area (Å²) in [6.07, 6.45) is 5.24. The second-order valence-electron chi connectivity index (χ2n) is 4.44. The molecule has 0 aromatic heterocycles. The van der Waals surface area contributed by atoms with Gasteiger partial charge in [0.15, 0.2) is 0 Å². The van der Waals surface area contributed by atoms with Crippen LogP contribution in [0.15, 0.2) is 0 Å². The lowest BCUT2D eigenvalue weighted by molar-refractivity contribution is -0.150. The topological polar surface area (TPSA) is 86.6 Å². The van der Waals surface area contributed by atoms with Crippen molar-refractivity contribution in [2.75, 3.05) is 0 Å². The molecule has 1 aliphatic rings.